The topological polar surface area (TPSA) is 60.9 Å². The quantitative estimate of drug-likeness (QED) is 0.512. The van der Waals surface area contributed by atoms with Crippen molar-refractivity contribution in [3.63, 3.8) is 0 Å². The molecule has 1 fully saturated rings. The Labute approximate surface area is 206 Å². The van der Waals surface area contributed by atoms with E-state index >= 15 is 0 Å². The number of nitrogens with zero attached hydrogens (tertiary/aromatic N) is 3. The van der Waals surface area contributed by atoms with Crippen LogP contribution >= 0.6 is 0 Å². The highest BCUT2D eigenvalue weighted by Gasteiger charge is 2.30. The average molecular weight is 496 g/mol. The molecule has 0 saturated carbocycles. The third-order valence-corrected chi connectivity index (χ3v) is 8.28. The van der Waals surface area contributed by atoms with E-state index < -0.39 is 10.0 Å². The van der Waals surface area contributed by atoms with Crippen molar-refractivity contribution in [3.8, 4) is 0 Å². The van der Waals surface area contributed by atoms with Crippen molar-refractivity contribution in [2.24, 2.45) is 0 Å². The first-order valence-corrected chi connectivity index (χ1v) is 13.0. The van der Waals surface area contributed by atoms with Crippen molar-refractivity contribution >= 4 is 27.3 Å². The molecule has 1 amide bonds. The molecule has 1 heterocycles. The molecule has 3 aromatic carbocycles. The summed E-state index contributed by atoms with van der Waals surface area (Å²) < 4.78 is 41.7. The largest absolute Gasteiger partial charge is 0.368 e. The van der Waals surface area contributed by atoms with Gasteiger partial charge in [-0.2, -0.15) is 0 Å². The number of carbonyl (C=O) groups is 1. The number of halogens is 1. The summed E-state index contributed by atoms with van der Waals surface area (Å²) in [6.45, 7) is 7.60. The van der Waals surface area contributed by atoms with Crippen LogP contribution in [0.3, 0.4) is 0 Å². The van der Waals surface area contributed by atoms with E-state index in [9.17, 15) is 17.6 Å². The van der Waals surface area contributed by atoms with E-state index in [0.717, 1.165) is 22.4 Å². The molecule has 1 aliphatic heterocycles. The van der Waals surface area contributed by atoms with Crippen LogP contribution in [0.2, 0.25) is 0 Å². The Kier molecular flexibility index (Phi) is 7.12. The van der Waals surface area contributed by atoms with Gasteiger partial charge in [-0.05, 0) is 80.4 Å². The first-order chi connectivity index (χ1) is 16.6. The van der Waals surface area contributed by atoms with Crippen LogP contribution in [0, 0.1) is 26.6 Å². The number of carbonyl (C=O) groups excluding carboxylic acids is 1. The number of hydrogen-bond acceptors (Lipinski definition) is 4. The summed E-state index contributed by atoms with van der Waals surface area (Å²) in [5, 5.41) is 0. The van der Waals surface area contributed by atoms with Crippen molar-refractivity contribution < 1.29 is 17.6 Å². The van der Waals surface area contributed by atoms with E-state index in [1.165, 1.54) is 16.4 Å². The van der Waals surface area contributed by atoms with Crippen molar-refractivity contribution in [1.82, 2.24) is 4.90 Å². The summed E-state index contributed by atoms with van der Waals surface area (Å²) in [6, 6.07) is 18.4. The molecule has 3 aromatic rings. The summed E-state index contributed by atoms with van der Waals surface area (Å²) >= 11 is 0. The fraction of sp³-hybridized carbons (Fsp3) is 0.296. The molecule has 6 nitrogen and oxygen atoms in total. The number of piperazine rings is 1. The van der Waals surface area contributed by atoms with Crippen molar-refractivity contribution in [1.29, 1.82) is 0 Å². The van der Waals surface area contributed by atoms with Gasteiger partial charge in [0.15, 0.2) is 0 Å². The van der Waals surface area contributed by atoms with Crippen LogP contribution < -0.4 is 9.21 Å². The second-order valence-corrected chi connectivity index (χ2v) is 10.8. The van der Waals surface area contributed by atoms with Crippen molar-refractivity contribution in [2.75, 3.05) is 41.9 Å². The number of aryl methyl sites for hydroxylation is 3. The van der Waals surface area contributed by atoms with Gasteiger partial charge in [0, 0.05) is 31.9 Å². The molecule has 4 rings (SSSR count). The highest BCUT2D eigenvalue weighted by atomic mass is 32.2. The highest BCUT2D eigenvalue weighted by Crippen LogP contribution is 2.26. The second kappa shape index (κ2) is 10.1. The maximum absolute atomic E-state index is 13.6. The van der Waals surface area contributed by atoms with E-state index in [-0.39, 0.29) is 23.2 Å². The van der Waals surface area contributed by atoms with E-state index in [1.807, 2.05) is 26.8 Å². The van der Waals surface area contributed by atoms with Gasteiger partial charge >= 0.3 is 0 Å². The van der Waals surface area contributed by atoms with Gasteiger partial charge in [-0.1, -0.05) is 23.8 Å². The number of hydrogen-bond donors (Lipinski definition) is 0. The van der Waals surface area contributed by atoms with E-state index in [1.54, 1.807) is 53.4 Å². The molecule has 1 saturated heterocycles. The Hall–Kier alpha value is -3.39. The number of sulfonamides is 1. The van der Waals surface area contributed by atoms with Gasteiger partial charge in [-0.25, -0.2) is 12.8 Å². The smallest absolute Gasteiger partial charge is 0.264 e. The predicted molar refractivity (Wildman–Crippen MR) is 137 cm³/mol. The maximum atomic E-state index is 13.6. The molecule has 0 bridgehead atoms. The van der Waals surface area contributed by atoms with Crippen LogP contribution in [-0.2, 0) is 14.8 Å². The first kappa shape index (κ1) is 24.7. The zero-order valence-electron chi connectivity index (χ0n) is 20.2. The van der Waals surface area contributed by atoms with Crippen LogP contribution in [0.15, 0.2) is 71.6 Å². The predicted octanol–water partition coefficient (Wildman–Crippen LogP) is 4.30. The number of rotatable bonds is 6. The lowest BCUT2D eigenvalue weighted by Crippen LogP contribution is -2.52. The second-order valence-electron chi connectivity index (χ2n) is 8.94. The molecule has 0 N–H and O–H groups in total. The third-order valence-electron chi connectivity index (χ3n) is 6.49. The van der Waals surface area contributed by atoms with Crippen LogP contribution in [0.4, 0.5) is 15.8 Å². The van der Waals surface area contributed by atoms with Gasteiger partial charge in [0.2, 0.25) is 5.91 Å². The van der Waals surface area contributed by atoms with Gasteiger partial charge in [-0.3, -0.25) is 9.10 Å². The zero-order valence-corrected chi connectivity index (χ0v) is 21.1. The lowest BCUT2D eigenvalue weighted by atomic mass is 10.1. The molecule has 184 valence electrons. The van der Waals surface area contributed by atoms with Gasteiger partial charge in [-0.15, -0.1) is 0 Å². The van der Waals surface area contributed by atoms with Gasteiger partial charge < -0.3 is 9.80 Å². The summed E-state index contributed by atoms with van der Waals surface area (Å²) in [6.07, 6.45) is 0. The van der Waals surface area contributed by atoms with Crippen LogP contribution in [-0.4, -0.2) is 51.9 Å². The number of amides is 1. The monoisotopic (exact) mass is 495 g/mol. The lowest BCUT2D eigenvalue weighted by Gasteiger charge is -2.37. The third kappa shape index (κ3) is 5.48. The van der Waals surface area contributed by atoms with Gasteiger partial charge in [0.25, 0.3) is 10.0 Å². The first-order valence-electron chi connectivity index (χ1n) is 11.6. The molecule has 1 aliphatic rings. The van der Waals surface area contributed by atoms with E-state index in [2.05, 4.69) is 4.90 Å². The molecular formula is C27H30FN3O3S. The fourth-order valence-corrected chi connectivity index (χ4v) is 5.53. The SMILES string of the molecule is Cc1ccc(S(=O)(=O)N(CC(=O)N2CCN(c3ccc(F)cc3)CC2)c2ccc(C)c(C)c2)cc1. The van der Waals surface area contributed by atoms with Crippen molar-refractivity contribution in [2.45, 2.75) is 25.7 Å². The van der Waals surface area contributed by atoms with E-state index in [4.69, 9.17) is 0 Å². The molecule has 8 heteroatoms. The summed E-state index contributed by atoms with van der Waals surface area (Å²) in [4.78, 5) is 17.2. The minimum atomic E-state index is -3.95. The molecule has 0 spiro atoms. The van der Waals surface area contributed by atoms with Crippen LogP contribution in [0.1, 0.15) is 16.7 Å². The molecule has 0 unspecified atom stereocenters. The maximum Gasteiger partial charge on any atom is 0.264 e. The molecule has 35 heavy (non-hydrogen) atoms. The molecule has 0 radical (unpaired) electrons. The molecule has 0 aliphatic carbocycles. The Morgan fingerprint density at radius 2 is 1.49 bits per heavy atom. The minimum absolute atomic E-state index is 0.148. The number of benzene rings is 3. The highest BCUT2D eigenvalue weighted by molar-refractivity contribution is 7.92. The summed E-state index contributed by atoms with van der Waals surface area (Å²) in [7, 11) is -3.95. The molecule has 0 atom stereocenters. The Balaban J connectivity index is 1.55. The zero-order chi connectivity index (χ0) is 25.2. The standard InChI is InChI=1S/C27H30FN3O3S/c1-20-4-12-26(13-5-20)35(33,34)31(25-9-6-21(2)22(3)18-25)19-27(32)30-16-14-29(15-17-30)24-10-7-23(28)8-11-24/h4-13,18H,14-17,19H2,1-3H3. The van der Waals surface area contributed by atoms with Gasteiger partial charge in [0.05, 0.1) is 10.6 Å². The Morgan fingerprint density at radius 1 is 0.857 bits per heavy atom. The lowest BCUT2D eigenvalue weighted by molar-refractivity contribution is -0.129. The Morgan fingerprint density at radius 3 is 2.09 bits per heavy atom. The van der Waals surface area contributed by atoms with Gasteiger partial charge in [0.1, 0.15) is 12.4 Å². The number of anilines is 2. The normalized spacial score (nSPS) is 14.2. The summed E-state index contributed by atoms with van der Waals surface area (Å²) in [5.41, 5.74) is 4.32. The van der Waals surface area contributed by atoms with Crippen LogP contribution in [0.25, 0.3) is 0 Å². The minimum Gasteiger partial charge on any atom is -0.368 e. The Bertz CT molecular complexity index is 1300. The molecule has 0 aromatic heterocycles. The van der Waals surface area contributed by atoms with Crippen LogP contribution in [0.5, 0.6) is 0 Å². The molecular weight excluding hydrogens is 465 g/mol. The van der Waals surface area contributed by atoms with E-state index in [0.29, 0.717) is 31.9 Å². The average Bonchev–Trinajstić information content (AvgIpc) is 2.85. The fourth-order valence-electron chi connectivity index (χ4n) is 4.12. The summed E-state index contributed by atoms with van der Waals surface area (Å²) in [5.74, 6) is -0.540. The van der Waals surface area contributed by atoms with Crippen molar-refractivity contribution in [3.05, 3.63) is 89.2 Å².